The van der Waals surface area contributed by atoms with Crippen LogP contribution in [-0.4, -0.2) is 54.0 Å². The summed E-state index contributed by atoms with van der Waals surface area (Å²) < 4.78 is 52.3. The van der Waals surface area contributed by atoms with Gasteiger partial charge in [0.15, 0.2) is 16.6 Å². The molecule has 1 aromatic heterocycles. The van der Waals surface area contributed by atoms with E-state index in [1.54, 1.807) is 13.1 Å². The van der Waals surface area contributed by atoms with Crippen molar-refractivity contribution in [2.24, 2.45) is 7.05 Å². The van der Waals surface area contributed by atoms with E-state index in [0.717, 1.165) is 4.31 Å². The fraction of sp³-hybridized carbons (Fsp3) is 0.375. The first-order valence-electron chi connectivity index (χ1n) is 7.81. The molecule has 0 radical (unpaired) electrons. The normalized spacial score (nSPS) is 20.9. The Morgan fingerprint density at radius 1 is 1.35 bits per heavy atom. The predicted molar refractivity (Wildman–Crippen MR) is 88.3 cm³/mol. The Morgan fingerprint density at radius 3 is 2.69 bits per heavy atom. The number of imidazole rings is 1. The van der Waals surface area contributed by atoms with Gasteiger partial charge in [-0.1, -0.05) is 12.1 Å². The van der Waals surface area contributed by atoms with E-state index in [2.05, 4.69) is 4.98 Å². The van der Waals surface area contributed by atoms with Crippen molar-refractivity contribution >= 4 is 16.0 Å². The van der Waals surface area contributed by atoms with Gasteiger partial charge in [0, 0.05) is 19.7 Å². The number of esters is 1. The highest BCUT2D eigenvalue weighted by atomic mass is 32.2. The summed E-state index contributed by atoms with van der Waals surface area (Å²) in [5.41, 5.74) is 0. The molecule has 0 aliphatic carbocycles. The number of aromatic nitrogens is 2. The smallest absolute Gasteiger partial charge is 0.324 e. The van der Waals surface area contributed by atoms with Gasteiger partial charge >= 0.3 is 5.97 Å². The van der Waals surface area contributed by atoms with Crippen molar-refractivity contribution < 1.29 is 27.1 Å². The molecule has 1 aromatic carbocycles. The maximum absolute atomic E-state index is 13.8. The molecule has 1 aliphatic rings. The molecular weight excluding hydrogens is 365 g/mol. The molecule has 0 saturated carbocycles. The maximum Gasteiger partial charge on any atom is 0.324 e. The van der Waals surface area contributed by atoms with E-state index in [0.29, 0.717) is 0 Å². The Hall–Kier alpha value is -2.46. The van der Waals surface area contributed by atoms with Gasteiger partial charge in [0.25, 0.3) is 10.0 Å². The van der Waals surface area contributed by atoms with Crippen molar-refractivity contribution in [3.8, 4) is 5.75 Å². The molecule has 2 aromatic rings. The summed E-state index contributed by atoms with van der Waals surface area (Å²) in [7, 11) is -1.21. The van der Waals surface area contributed by atoms with Crippen LogP contribution in [0.4, 0.5) is 4.39 Å². The summed E-state index contributed by atoms with van der Waals surface area (Å²) in [5.74, 6) is -1.27. The van der Waals surface area contributed by atoms with Gasteiger partial charge in [0.05, 0.1) is 20.0 Å². The van der Waals surface area contributed by atoms with Gasteiger partial charge in [-0.25, -0.2) is 17.8 Å². The number of sulfonamides is 1. The van der Waals surface area contributed by atoms with E-state index in [-0.39, 0.29) is 23.7 Å². The van der Waals surface area contributed by atoms with Crippen LogP contribution in [0.5, 0.6) is 5.75 Å². The molecule has 2 unspecified atom stereocenters. The highest BCUT2D eigenvalue weighted by molar-refractivity contribution is 7.89. The van der Waals surface area contributed by atoms with Gasteiger partial charge in [0.2, 0.25) is 0 Å². The third-order valence-corrected chi connectivity index (χ3v) is 5.84. The minimum Gasteiger partial charge on any atom is -0.486 e. The van der Waals surface area contributed by atoms with Crippen LogP contribution in [0.2, 0.25) is 0 Å². The van der Waals surface area contributed by atoms with Crippen molar-refractivity contribution in [3.05, 3.63) is 42.6 Å². The lowest BCUT2D eigenvalue weighted by molar-refractivity contribution is -0.144. The number of para-hydroxylation sites is 1. The molecule has 1 saturated heterocycles. The SMILES string of the molecule is COC(=O)C1CC(Oc2ccccc2F)CN1S(=O)(=O)c1cn(C)cn1. The number of methoxy groups -OCH3 is 1. The number of nitrogens with zero attached hydrogens (tertiary/aromatic N) is 3. The molecule has 0 spiro atoms. The molecule has 140 valence electrons. The molecular formula is C16H18FN3O5S. The third-order valence-electron chi connectivity index (χ3n) is 4.08. The zero-order valence-corrected chi connectivity index (χ0v) is 15.0. The van der Waals surface area contributed by atoms with Gasteiger partial charge in [-0.3, -0.25) is 4.79 Å². The molecule has 10 heteroatoms. The number of carbonyl (C=O) groups excluding carboxylic acids is 1. The summed E-state index contributed by atoms with van der Waals surface area (Å²) in [4.78, 5) is 15.9. The van der Waals surface area contributed by atoms with Crippen LogP contribution in [0.3, 0.4) is 0 Å². The second-order valence-electron chi connectivity index (χ2n) is 5.90. The molecule has 26 heavy (non-hydrogen) atoms. The number of ether oxygens (including phenoxy) is 2. The molecule has 3 rings (SSSR count). The van der Waals surface area contributed by atoms with Crippen molar-refractivity contribution in [2.75, 3.05) is 13.7 Å². The van der Waals surface area contributed by atoms with Crippen LogP contribution in [-0.2, 0) is 26.6 Å². The first-order valence-corrected chi connectivity index (χ1v) is 9.25. The van der Waals surface area contributed by atoms with E-state index in [1.807, 2.05) is 0 Å². The van der Waals surface area contributed by atoms with Crippen LogP contribution in [0, 0.1) is 5.82 Å². The Labute approximate surface area is 150 Å². The summed E-state index contributed by atoms with van der Waals surface area (Å²) >= 11 is 0. The Bertz CT molecular complexity index is 914. The van der Waals surface area contributed by atoms with Crippen LogP contribution < -0.4 is 4.74 Å². The van der Waals surface area contributed by atoms with Gasteiger partial charge in [-0.2, -0.15) is 4.31 Å². The number of hydrogen-bond donors (Lipinski definition) is 0. The number of halogens is 1. The lowest BCUT2D eigenvalue weighted by Gasteiger charge is -2.20. The van der Waals surface area contributed by atoms with E-state index >= 15 is 0 Å². The van der Waals surface area contributed by atoms with Crippen LogP contribution in [0.1, 0.15) is 6.42 Å². The van der Waals surface area contributed by atoms with E-state index < -0.39 is 34.0 Å². The minimum absolute atomic E-state index is 0.00167. The van der Waals surface area contributed by atoms with Crippen LogP contribution in [0.25, 0.3) is 0 Å². The fourth-order valence-electron chi connectivity index (χ4n) is 2.83. The first kappa shape index (κ1) is 18.3. The molecule has 1 fully saturated rings. The van der Waals surface area contributed by atoms with E-state index in [1.165, 1.54) is 42.4 Å². The van der Waals surface area contributed by atoms with Gasteiger partial charge < -0.3 is 14.0 Å². The number of carbonyl (C=O) groups is 1. The molecule has 0 N–H and O–H groups in total. The minimum atomic E-state index is -4.03. The van der Waals surface area contributed by atoms with Gasteiger partial charge in [0.1, 0.15) is 12.1 Å². The molecule has 8 nitrogen and oxygen atoms in total. The second kappa shape index (κ2) is 7.04. The molecule has 0 amide bonds. The van der Waals surface area contributed by atoms with E-state index in [4.69, 9.17) is 9.47 Å². The Balaban J connectivity index is 1.88. The summed E-state index contributed by atoms with van der Waals surface area (Å²) in [6.07, 6.45) is 2.04. The number of aryl methyl sites for hydroxylation is 1. The van der Waals surface area contributed by atoms with Crippen molar-refractivity contribution in [1.82, 2.24) is 13.9 Å². The predicted octanol–water partition coefficient (Wildman–Crippen LogP) is 0.943. The average molecular weight is 383 g/mol. The average Bonchev–Trinajstić information content (AvgIpc) is 3.23. The van der Waals surface area contributed by atoms with Crippen LogP contribution >= 0.6 is 0 Å². The van der Waals surface area contributed by atoms with Gasteiger partial charge in [-0.05, 0) is 12.1 Å². The maximum atomic E-state index is 13.8. The van der Waals surface area contributed by atoms with E-state index in [9.17, 15) is 17.6 Å². The van der Waals surface area contributed by atoms with Gasteiger partial charge in [-0.15, -0.1) is 0 Å². The number of rotatable bonds is 5. The zero-order chi connectivity index (χ0) is 18.9. The quantitative estimate of drug-likeness (QED) is 0.714. The Morgan fingerprint density at radius 2 is 2.08 bits per heavy atom. The van der Waals surface area contributed by atoms with Crippen molar-refractivity contribution in [2.45, 2.75) is 23.6 Å². The monoisotopic (exact) mass is 383 g/mol. The zero-order valence-electron chi connectivity index (χ0n) is 14.2. The lowest BCUT2D eigenvalue weighted by atomic mass is 10.2. The largest absolute Gasteiger partial charge is 0.486 e. The molecule has 2 heterocycles. The molecule has 2 atom stereocenters. The summed E-state index contributed by atoms with van der Waals surface area (Å²) in [6.45, 7) is -0.118. The van der Waals surface area contributed by atoms with Crippen molar-refractivity contribution in [3.63, 3.8) is 0 Å². The lowest BCUT2D eigenvalue weighted by Crippen LogP contribution is -2.41. The topological polar surface area (TPSA) is 90.7 Å². The molecule has 0 bridgehead atoms. The Kier molecular flexibility index (Phi) is 4.97. The van der Waals surface area contributed by atoms with Crippen molar-refractivity contribution in [1.29, 1.82) is 0 Å². The standard InChI is InChI=1S/C16H18FN3O5S/c1-19-9-15(18-10-19)26(22,23)20-8-11(7-13(20)16(21)24-2)25-14-6-4-3-5-12(14)17/h3-6,9-11,13H,7-8H2,1-2H3. The summed E-state index contributed by atoms with van der Waals surface area (Å²) in [6, 6.07) is 4.74. The second-order valence-corrected chi connectivity index (χ2v) is 7.73. The highest BCUT2D eigenvalue weighted by Crippen LogP contribution is 2.29. The number of benzene rings is 1. The highest BCUT2D eigenvalue weighted by Gasteiger charge is 2.46. The van der Waals surface area contributed by atoms with Crippen LogP contribution in [0.15, 0.2) is 41.8 Å². The number of hydrogen-bond acceptors (Lipinski definition) is 6. The first-order chi connectivity index (χ1) is 12.3. The molecule has 1 aliphatic heterocycles. The fourth-order valence-corrected chi connectivity index (χ4v) is 4.42. The third kappa shape index (κ3) is 3.42. The summed E-state index contributed by atoms with van der Waals surface area (Å²) in [5, 5.41) is -0.180.